The van der Waals surface area contributed by atoms with Gasteiger partial charge in [-0.05, 0) is 23.8 Å². The van der Waals surface area contributed by atoms with Gasteiger partial charge in [-0.25, -0.2) is 17.9 Å². The van der Waals surface area contributed by atoms with Crippen LogP contribution in [-0.4, -0.2) is 8.42 Å². The average Bonchev–Trinajstić information content (AvgIpc) is 1.94. The first kappa shape index (κ1) is 10.4. The summed E-state index contributed by atoms with van der Waals surface area (Å²) in [6.07, 6.45) is 0. The molecule has 72 valence electrons. The molecule has 3 nitrogen and oxygen atoms in total. The maximum Gasteiger partial charge on any atom is 0.213 e. The van der Waals surface area contributed by atoms with E-state index in [1.165, 1.54) is 6.07 Å². The van der Waals surface area contributed by atoms with Crippen LogP contribution in [0, 0.1) is 5.82 Å². The molecule has 1 aromatic carbocycles. The SMILES string of the molecule is NS(=O)(=O)Cc1cc(F)ccc1Cl. The maximum absolute atomic E-state index is 12.6. The van der Waals surface area contributed by atoms with Crippen molar-refractivity contribution in [2.75, 3.05) is 0 Å². The topological polar surface area (TPSA) is 60.2 Å². The Kier molecular flexibility index (Phi) is 2.90. The highest BCUT2D eigenvalue weighted by Crippen LogP contribution is 2.18. The Morgan fingerprint density at radius 2 is 2.08 bits per heavy atom. The molecule has 0 atom stereocenters. The van der Waals surface area contributed by atoms with Crippen molar-refractivity contribution < 1.29 is 12.8 Å². The zero-order valence-electron chi connectivity index (χ0n) is 6.50. The molecule has 0 fully saturated rings. The Morgan fingerprint density at radius 1 is 1.46 bits per heavy atom. The molecule has 0 saturated heterocycles. The van der Waals surface area contributed by atoms with Crippen molar-refractivity contribution in [2.24, 2.45) is 5.14 Å². The first-order valence-electron chi connectivity index (χ1n) is 3.33. The molecule has 0 heterocycles. The molecule has 0 amide bonds. The maximum atomic E-state index is 12.6. The number of benzene rings is 1. The zero-order chi connectivity index (χ0) is 10.1. The number of primary sulfonamides is 1. The van der Waals surface area contributed by atoms with Crippen molar-refractivity contribution in [1.82, 2.24) is 0 Å². The number of hydrogen-bond donors (Lipinski definition) is 1. The summed E-state index contributed by atoms with van der Waals surface area (Å²) in [5.74, 6) is -0.994. The Bertz CT molecular complexity index is 419. The van der Waals surface area contributed by atoms with Gasteiger partial charge in [0.25, 0.3) is 0 Å². The minimum Gasteiger partial charge on any atom is -0.228 e. The molecule has 0 radical (unpaired) electrons. The largest absolute Gasteiger partial charge is 0.228 e. The first-order chi connectivity index (χ1) is 5.88. The third-order valence-corrected chi connectivity index (χ3v) is 2.45. The lowest BCUT2D eigenvalue weighted by Gasteiger charge is -2.01. The molecule has 13 heavy (non-hydrogen) atoms. The van der Waals surface area contributed by atoms with Crippen molar-refractivity contribution in [2.45, 2.75) is 5.75 Å². The fourth-order valence-electron chi connectivity index (χ4n) is 0.871. The van der Waals surface area contributed by atoms with E-state index in [0.717, 1.165) is 12.1 Å². The molecule has 0 aliphatic heterocycles. The summed E-state index contributed by atoms with van der Waals surface area (Å²) < 4.78 is 33.9. The van der Waals surface area contributed by atoms with E-state index in [-0.39, 0.29) is 10.6 Å². The van der Waals surface area contributed by atoms with E-state index in [1.807, 2.05) is 0 Å². The van der Waals surface area contributed by atoms with Gasteiger partial charge >= 0.3 is 0 Å². The Labute approximate surface area is 80.4 Å². The van der Waals surface area contributed by atoms with E-state index in [1.54, 1.807) is 0 Å². The lowest BCUT2D eigenvalue weighted by molar-refractivity contribution is 0.596. The summed E-state index contributed by atoms with van der Waals surface area (Å²) in [7, 11) is -3.67. The third-order valence-electron chi connectivity index (χ3n) is 1.36. The van der Waals surface area contributed by atoms with Gasteiger partial charge in [0.2, 0.25) is 10.0 Å². The Morgan fingerprint density at radius 3 is 2.62 bits per heavy atom. The smallest absolute Gasteiger partial charge is 0.213 e. The highest BCUT2D eigenvalue weighted by atomic mass is 35.5. The van der Waals surface area contributed by atoms with Crippen LogP contribution in [0.3, 0.4) is 0 Å². The van der Waals surface area contributed by atoms with Crippen LogP contribution < -0.4 is 5.14 Å². The van der Waals surface area contributed by atoms with E-state index in [0.29, 0.717) is 0 Å². The molecular weight excluding hydrogens is 217 g/mol. The molecule has 0 aliphatic rings. The standard InChI is InChI=1S/C7H7ClFNO2S/c8-7-2-1-6(9)3-5(7)4-13(10,11)12/h1-3H,4H2,(H2,10,11,12). The highest BCUT2D eigenvalue weighted by molar-refractivity contribution is 7.88. The molecular formula is C7H7ClFNO2S. The van der Waals surface area contributed by atoms with Gasteiger partial charge in [0.15, 0.2) is 0 Å². The number of halogens is 2. The summed E-state index contributed by atoms with van der Waals surface area (Å²) in [6, 6.07) is 3.49. The van der Waals surface area contributed by atoms with E-state index in [2.05, 4.69) is 0 Å². The zero-order valence-corrected chi connectivity index (χ0v) is 8.07. The Hall–Kier alpha value is -0.650. The normalized spacial score (nSPS) is 11.6. The minimum atomic E-state index is -3.67. The lowest BCUT2D eigenvalue weighted by Crippen LogP contribution is -2.14. The molecule has 6 heteroatoms. The van der Waals surface area contributed by atoms with E-state index in [9.17, 15) is 12.8 Å². The molecule has 1 rings (SSSR count). The summed E-state index contributed by atoms with van der Waals surface area (Å²) >= 11 is 5.62. The summed E-state index contributed by atoms with van der Waals surface area (Å²) in [6.45, 7) is 0. The average molecular weight is 224 g/mol. The lowest BCUT2D eigenvalue weighted by atomic mass is 10.2. The monoisotopic (exact) mass is 223 g/mol. The fraction of sp³-hybridized carbons (Fsp3) is 0.143. The van der Waals surface area contributed by atoms with Gasteiger partial charge in [-0.3, -0.25) is 0 Å². The van der Waals surface area contributed by atoms with Crippen LogP contribution in [0.15, 0.2) is 18.2 Å². The minimum absolute atomic E-state index is 0.171. The van der Waals surface area contributed by atoms with Crippen LogP contribution in [-0.2, 0) is 15.8 Å². The third kappa shape index (κ3) is 3.30. The second kappa shape index (κ2) is 3.61. The van der Waals surface area contributed by atoms with Crippen LogP contribution in [0.25, 0.3) is 0 Å². The van der Waals surface area contributed by atoms with Crippen molar-refractivity contribution in [3.63, 3.8) is 0 Å². The van der Waals surface area contributed by atoms with Crippen molar-refractivity contribution in [3.05, 3.63) is 34.6 Å². The quantitative estimate of drug-likeness (QED) is 0.821. The van der Waals surface area contributed by atoms with E-state index in [4.69, 9.17) is 16.7 Å². The molecule has 0 saturated carbocycles. The second-order valence-corrected chi connectivity index (χ2v) is 4.56. The van der Waals surface area contributed by atoms with E-state index >= 15 is 0 Å². The van der Waals surface area contributed by atoms with Gasteiger partial charge in [-0.15, -0.1) is 0 Å². The number of rotatable bonds is 2. The fourth-order valence-corrected chi connectivity index (χ4v) is 1.81. The van der Waals surface area contributed by atoms with Gasteiger partial charge in [0, 0.05) is 5.02 Å². The molecule has 0 unspecified atom stereocenters. The van der Waals surface area contributed by atoms with Crippen LogP contribution >= 0.6 is 11.6 Å². The molecule has 1 aromatic rings. The van der Waals surface area contributed by atoms with E-state index < -0.39 is 21.6 Å². The predicted octanol–water partition coefficient (Wildman–Crippen LogP) is 1.27. The number of hydrogen-bond acceptors (Lipinski definition) is 2. The van der Waals surface area contributed by atoms with Gasteiger partial charge in [-0.2, -0.15) is 0 Å². The van der Waals surface area contributed by atoms with Crippen molar-refractivity contribution in [1.29, 1.82) is 0 Å². The van der Waals surface area contributed by atoms with Gasteiger partial charge in [0.1, 0.15) is 5.82 Å². The number of nitrogens with two attached hydrogens (primary N) is 1. The van der Waals surface area contributed by atoms with Crippen LogP contribution in [0.2, 0.25) is 5.02 Å². The van der Waals surface area contributed by atoms with Gasteiger partial charge in [0.05, 0.1) is 5.75 Å². The first-order valence-corrected chi connectivity index (χ1v) is 5.42. The Balaban J connectivity index is 3.08. The van der Waals surface area contributed by atoms with Crippen LogP contribution in [0.1, 0.15) is 5.56 Å². The summed E-state index contributed by atoms with van der Waals surface area (Å²) in [5.41, 5.74) is 0.171. The van der Waals surface area contributed by atoms with Crippen molar-refractivity contribution in [3.8, 4) is 0 Å². The predicted molar refractivity (Wildman–Crippen MR) is 48.2 cm³/mol. The summed E-state index contributed by atoms with van der Waals surface area (Å²) in [4.78, 5) is 0. The highest BCUT2D eigenvalue weighted by Gasteiger charge is 2.09. The molecule has 2 N–H and O–H groups in total. The molecule has 0 aromatic heterocycles. The van der Waals surface area contributed by atoms with Crippen molar-refractivity contribution >= 4 is 21.6 Å². The molecule has 0 spiro atoms. The van der Waals surface area contributed by atoms with Crippen LogP contribution in [0.5, 0.6) is 0 Å². The van der Waals surface area contributed by atoms with Gasteiger partial charge in [-0.1, -0.05) is 11.6 Å². The molecule has 0 bridgehead atoms. The van der Waals surface area contributed by atoms with Crippen LogP contribution in [0.4, 0.5) is 4.39 Å². The number of sulfonamides is 1. The summed E-state index contributed by atoms with van der Waals surface area (Å²) in [5, 5.41) is 4.97. The second-order valence-electron chi connectivity index (χ2n) is 2.54. The molecule has 0 aliphatic carbocycles. The van der Waals surface area contributed by atoms with Gasteiger partial charge < -0.3 is 0 Å².